The third-order valence-electron chi connectivity index (χ3n) is 7.15. The fourth-order valence-electron chi connectivity index (χ4n) is 4.81. The number of ketones is 1. The Labute approximate surface area is 228 Å². The number of aromatic nitrogens is 1. The van der Waals surface area contributed by atoms with E-state index in [1.54, 1.807) is 31.5 Å². The molecule has 0 aliphatic heterocycles. The monoisotopic (exact) mass is 526 g/mol. The molecule has 0 unspecified atom stereocenters. The molecule has 8 nitrogen and oxygen atoms in total. The second-order valence-corrected chi connectivity index (χ2v) is 9.92. The number of aliphatic imine (C=N–C) groups is 1. The van der Waals surface area contributed by atoms with Gasteiger partial charge in [-0.1, -0.05) is 54.6 Å². The SMILES string of the molecule is C[C@H](NC(=O)[C@@H]1CC[C@H](c2ccncc2)C1)C(=O)CCc1ccc(C(N)=NC(=O)OCc2ccccc2)cc1. The molecule has 1 saturated carbocycles. The number of amides is 2. The van der Waals surface area contributed by atoms with E-state index in [-0.39, 0.29) is 30.1 Å². The molecule has 1 heterocycles. The Balaban J connectivity index is 1.20. The Morgan fingerprint density at radius 3 is 2.44 bits per heavy atom. The minimum Gasteiger partial charge on any atom is -0.443 e. The van der Waals surface area contributed by atoms with E-state index in [0.717, 1.165) is 30.4 Å². The van der Waals surface area contributed by atoms with Crippen LogP contribution in [0.25, 0.3) is 0 Å². The molecule has 0 radical (unpaired) electrons. The standard InChI is InChI=1S/C31H34N4O4/c1-21(34-30(37)27-13-12-26(19-27)24-15-17-33-18-16-24)28(36)14-9-22-7-10-25(11-8-22)29(32)35-31(38)39-20-23-5-3-2-4-6-23/h2-8,10-11,15-18,21,26-27H,9,12-14,19-20H2,1H3,(H,34,37)(H2,32,35,38)/t21-,26-,27+/m0/s1. The first kappa shape index (κ1) is 27.7. The van der Waals surface area contributed by atoms with Crippen molar-refractivity contribution < 1.29 is 19.1 Å². The molecule has 3 atom stereocenters. The molecule has 4 rings (SSSR count). The largest absolute Gasteiger partial charge is 0.443 e. The third-order valence-corrected chi connectivity index (χ3v) is 7.15. The van der Waals surface area contributed by atoms with Crippen molar-refractivity contribution in [2.45, 2.75) is 57.6 Å². The van der Waals surface area contributed by atoms with Crippen molar-refractivity contribution in [3.05, 3.63) is 101 Å². The number of nitrogens with two attached hydrogens (primary N) is 1. The summed E-state index contributed by atoms with van der Waals surface area (Å²) >= 11 is 0. The highest BCUT2D eigenvalue weighted by Crippen LogP contribution is 2.38. The molecule has 3 aromatic rings. The van der Waals surface area contributed by atoms with Crippen LogP contribution in [0.5, 0.6) is 0 Å². The molecule has 1 aliphatic rings. The number of hydrogen-bond acceptors (Lipinski definition) is 5. The van der Waals surface area contributed by atoms with Gasteiger partial charge in [-0.3, -0.25) is 14.6 Å². The number of nitrogens with zero attached hydrogens (tertiary/aromatic N) is 2. The van der Waals surface area contributed by atoms with Gasteiger partial charge < -0.3 is 15.8 Å². The van der Waals surface area contributed by atoms with Crippen LogP contribution in [-0.2, 0) is 27.4 Å². The van der Waals surface area contributed by atoms with E-state index < -0.39 is 12.1 Å². The second-order valence-electron chi connectivity index (χ2n) is 9.92. The number of aryl methyl sites for hydroxylation is 1. The van der Waals surface area contributed by atoms with Crippen molar-refractivity contribution in [2.24, 2.45) is 16.6 Å². The molecule has 8 heteroatoms. The Morgan fingerprint density at radius 1 is 1.00 bits per heavy atom. The maximum absolute atomic E-state index is 12.8. The van der Waals surface area contributed by atoms with Crippen LogP contribution < -0.4 is 11.1 Å². The normalized spacial score (nSPS) is 17.8. The Hall–Kier alpha value is -4.33. The number of carbonyl (C=O) groups is 3. The number of Topliss-reactive ketones (excluding diaryl/α,β-unsaturated/α-hetero) is 1. The van der Waals surface area contributed by atoms with E-state index in [2.05, 4.69) is 15.3 Å². The molecular weight excluding hydrogens is 492 g/mol. The highest BCUT2D eigenvalue weighted by molar-refractivity contribution is 6.02. The molecule has 2 amide bonds. The van der Waals surface area contributed by atoms with Gasteiger partial charge in [0, 0.05) is 30.3 Å². The van der Waals surface area contributed by atoms with Crippen LogP contribution in [0.4, 0.5) is 4.79 Å². The topological polar surface area (TPSA) is 124 Å². The van der Waals surface area contributed by atoms with Gasteiger partial charge >= 0.3 is 6.09 Å². The zero-order chi connectivity index (χ0) is 27.6. The number of benzene rings is 2. The van der Waals surface area contributed by atoms with E-state index in [0.29, 0.717) is 24.3 Å². The molecule has 1 aliphatic carbocycles. The highest BCUT2D eigenvalue weighted by atomic mass is 16.5. The van der Waals surface area contributed by atoms with Crippen LogP contribution in [0.2, 0.25) is 0 Å². The minimum absolute atomic E-state index is 0.0154. The van der Waals surface area contributed by atoms with Gasteiger partial charge in [0.05, 0.1) is 6.04 Å². The summed E-state index contributed by atoms with van der Waals surface area (Å²) in [4.78, 5) is 45.3. The summed E-state index contributed by atoms with van der Waals surface area (Å²) < 4.78 is 5.14. The molecule has 1 fully saturated rings. The highest BCUT2D eigenvalue weighted by Gasteiger charge is 2.31. The molecule has 0 saturated heterocycles. The van der Waals surface area contributed by atoms with Crippen molar-refractivity contribution in [1.82, 2.24) is 10.3 Å². The van der Waals surface area contributed by atoms with Crippen LogP contribution >= 0.6 is 0 Å². The van der Waals surface area contributed by atoms with Gasteiger partial charge in [-0.05, 0) is 67.3 Å². The van der Waals surface area contributed by atoms with Crippen LogP contribution in [0.1, 0.15) is 60.8 Å². The third kappa shape index (κ3) is 8.07. The summed E-state index contributed by atoms with van der Waals surface area (Å²) in [7, 11) is 0. The van der Waals surface area contributed by atoms with E-state index in [1.165, 1.54) is 5.56 Å². The summed E-state index contributed by atoms with van der Waals surface area (Å²) in [5.41, 5.74) is 9.58. The van der Waals surface area contributed by atoms with Crippen LogP contribution in [0.3, 0.4) is 0 Å². The van der Waals surface area contributed by atoms with Gasteiger partial charge in [-0.25, -0.2) is 4.79 Å². The number of carbonyl (C=O) groups excluding carboxylic acids is 3. The Bertz CT molecular complexity index is 1290. The number of ether oxygens (including phenoxy) is 1. The summed E-state index contributed by atoms with van der Waals surface area (Å²) in [6.45, 7) is 1.86. The summed E-state index contributed by atoms with van der Waals surface area (Å²) in [5, 5.41) is 2.92. The van der Waals surface area contributed by atoms with Gasteiger partial charge in [0.25, 0.3) is 0 Å². The predicted octanol–water partition coefficient (Wildman–Crippen LogP) is 4.71. The number of pyridine rings is 1. The molecule has 0 spiro atoms. The summed E-state index contributed by atoms with van der Waals surface area (Å²) in [6.07, 6.45) is 6.22. The Kier molecular flexibility index (Phi) is 9.56. The van der Waals surface area contributed by atoms with E-state index >= 15 is 0 Å². The lowest BCUT2D eigenvalue weighted by Gasteiger charge is -2.17. The molecule has 1 aromatic heterocycles. The molecule has 202 valence electrons. The molecule has 3 N–H and O–H groups in total. The summed E-state index contributed by atoms with van der Waals surface area (Å²) in [6, 6.07) is 20.0. The predicted molar refractivity (Wildman–Crippen MR) is 149 cm³/mol. The van der Waals surface area contributed by atoms with Crippen molar-refractivity contribution in [3.8, 4) is 0 Å². The fourth-order valence-corrected chi connectivity index (χ4v) is 4.81. The van der Waals surface area contributed by atoms with Crippen molar-refractivity contribution in [3.63, 3.8) is 0 Å². The van der Waals surface area contributed by atoms with E-state index in [4.69, 9.17) is 10.5 Å². The number of rotatable bonds is 10. The smallest absolute Gasteiger partial charge is 0.435 e. The van der Waals surface area contributed by atoms with Crippen molar-refractivity contribution in [2.75, 3.05) is 0 Å². The number of amidine groups is 1. The van der Waals surface area contributed by atoms with Crippen molar-refractivity contribution >= 4 is 23.6 Å². The zero-order valence-corrected chi connectivity index (χ0v) is 22.1. The first-order valence-electron chi connectivity index (χ1n) is 13.3. The summed E-state index contributed by atoms with van der Waals surface area (Å²) in [5.74, 6) is 0.280. The quantitative estimate of drug-likeness (QED) is 0.291. The molecular formula is C31H34N4O4. The molecule has 39 heavy (non-hydrogen) atoms. The Morgan fingerprint density at radius 2 is 1.72 bits per heavy atom. The van der Waals surface area contributed by atoms with Crippen LogP contribution in [0.15, 0.2) is 84.1 Å². The van der Waals surface area contributed by atoms with Crippen molar-refractivity contribution in [1.29, 1.82) is 0 Å². The average Bonchev–Trinajstić information content (AvgIpc) is 3.47. The van der Waals surface area contributed by atoms with Crippen LogP contribution in [0, 0.1) is 5.92 Å². The minimum atomic E-state index is -0.757. The maximum atomic E-state index is 12.8. The lowest BCUT2D eigenvalue weighted by atomic mass is 9.97. The zero-order valence-electron chi connectivity index (χ0n) is 22.1. The van der Waals surface area contributed by atoms with Gasteiger partial charge in [0.2, 0.25) is 5.91 Å². The van der Waals surface area contributed by atoms with Gasteiger partial charge in [-0.15, -0.1) is 0 Å². The van der Waals surface area contributed by atoms with Gasteiger partial charge in [0.1, 0.15) is 12.4 Å². The number of nitrogens with one attached hydrogen (secondary N) is 1. The van der Waals surface area contributed by atoms with Crippen LogP contribution in [-0.4, -0.2) is 34.6 Å². The second kappa shape index (κ2) is 13.5. The lowest BCUT2D eigenvalue weighted by Crippen LogP contribution is -2.41. The number of hydrogen-bond donors (Lipinski definition) is 2. The van der Waals surface area contributed by atoms with E-state index in [1.807, 2.05) is 54.6 Å². The maximum Gasteiger partial charge on any atom is 0.435 e. The van der Waals surface area contributed by atoms with Gasteiger partial charge in [0.15, 0.2) is 5.78 Å². The fraction of sp³-hybridized carbons (Fsp3) is 0.323. The van der Waals surface area contributed by atoms with Gasteiger partial charge in [-0.2, -0.15) is 4.99 Å². The first-order valence-corrected chi connectivity index (χ1v) is 13.3. The molecule has 0 bridgehead atoms. The molecule has 2 aromatic carbocycles. The average molecular weight is 527 g/mol. The first-order chi connectivity index (χ1) is 18.9. The van der Waals surface area contributed by atoms with E-state index in [9.17, 15) is 14.4 Å². The lowest BCUT2D eigenvalue weighted by molar-refractivity contribution is -0.129.